The van der Waals surface area contributed by atoms with E-state index in [2.05, 4.69) is 5.32 Å². The number of nitrogens with one attached hydrogen (secondary N) is 1. The lowest BCUT2D eigenvalue weighted by atomic mass is 10.0. The summed E-state index contributed by atoms with van der Waals surface area (Å²) in [5.41, 5.74) is 1.46. The number of benzene rings is 2. The van der Waals surface area contributed by atoms with E-state index in [4.69, 9.17) is 11.6 Å². The fourth-order valence-electron chi connectivity index (χ4n) is 2.61. The maximum atomic E-state index is 12.5. The third kappa shape index (κ3) is 3.77. The van der Waals surface area contributed by atoms with Crippen LogP contribution in [0.15, 0.2) is 52.3 Å². The highest BCUT2D eigenvalue weighted by Gasteiger charge is 2.23. The Labute approximate surface area is 150 Å². The van der Waals surface area contributed by atoms with Crippen molar-refractivity contribution in [2.75, 3.05) is 12.0 Å². The minimum atomic E-state index is -3.27. The van der Waals surface area contributed by atoms with Gasteiger partial charge in [-0.15, -0.1) is 11.8 Å². The molecule has 0 radical (unpaired) electrons. The molecule has 2 aromatic carbocycles. The van der Waals surface area contributed by atoms with Crippen LogP contribution < -0.4 is 5.32 Å². The normalized spacial score (nSPS) is 17.2. The first kappa shape index (κ1) is 17.3. The van der Waals surface area contributed by atoms with E-state index in [0.29, 0.717) is 10.6 Å². The molecule has 2 aromatic rings. The number of thioether (sulfide) groups is 1. The van der Waals surface area contributed by atoms with Crippen molar-refractivity contribution in [2.24, 2.45) is 0 Å². The topological polar surface area (TPSA) is 63.2 Å². The Balaban J connectivity index is 1.80. The molecule has 0 bridgehead atoms. The predicted octanol–water partition coefficient (Wildman–Crippen LogP) is 3.71. The van der Waals surface area contributed by atoms with Gasteiger partial charge in [0, 0.05) is 27.5 Å². The second-order valence-electron chi connectivity index (χ2n) is 5.64. The van der Waals surface area contributed by atoms with Crippen molar-refractivity contribution < 1.29 is 13.2 Å². The van der Waals surface area contributed by atoms with E-state index in [1.165, 1.54) is 24.3 Å². The summed E-state index contributed by atoms with van der Waals surface area (Å²) in [6.45, 7) is 0. The molecule has 4 nitrogen and oxygen atoms in total. The molecule has 1 amide bonds. The monoisotopic (exact) mass is 381 g/mol. The number of sulfone groups is 1. The van der Waals surface area contributed by atoms with Crippen LogP contribution in [0.5, 0.6) is 0 Å². The van der Waals surface area contributed by atoms with Gasteiger partial charge in [-0.25, -0.2) is 8.42 Å². The summed E-state index contributed by atoms with van der Waals surface area (Å²) < 4.78 is 23.0. The molecule has 0 saturated heterocycles. The summed E-state index contributed by atoms with van der Waals surface area (Å²) in [5, 5.41) is 3.66. The maximum Gasteiger partial charge on any atom is 0.251 e. The van der Waals surface area contributed by atoms with Crippen LogP contribution in [-0.4, -0.2) is 26.3 Å². The van der Waals surface area contributed by atoms with Gasteiger partial charge in [0.05, 0.1) is 10.9 Å². The molecule has 1 aliphatic rings. The molecule has 1 heterocycles. The fraction of sp³-hybridized carbons (Fsp3) is 0.235. The fourth-order valence-corrected chi connectivity index (χ4v) is 4.53. The number of fused-ring (bicyclic) bond motifs is 1. The average Bonchev–Trinajstić information content (AvgIpc) is 2.54. The Bertz CT molecular complexity index is 879. The molecule has 126 valence electrons. The lowest BCUT2D eigenvalue weighted by Gasteiger charge is -2.26. The van der Waals surface area contributed by atoms with Gasteiger partial charge >= 0.3 is 0 Å². The number of amides is 1. The first-order valence-electron chi connectivity index (χ1n) is 7.38. The van der Waals surface area contributed by atoms with Crippen LogP contribution in [0.1, 0.15) is 28.4 Å². The molecule has 0 saturated carbocycles. The highest BCUT2D eigenvalue weighted by molar-refractivity contribution is 7.99. The SMILES string of the molecule is CS(=O)(=O)c1ccc(C(=O)NC2CCSc3ccc(Cl)cc32)cc1. The van der Waals surface area contributed by atoms with Gasteiger partial charge in [0.15, 0.2) is 9.84 Å². The second-order valence-corrected chi connectivity index (χ2v) is 9.23. The Morgan fingerprint density at radius 3 is 2.58 bits per heavy atom. The molecule has 1 N–H and O–H groups in total. The van der Waals surface area contributed by atoms with Gasteiger partial charge in [-0.2, -0.15) is 0 Å². The van der Waals surface area contributed by atoms with E-state index < -0.39 is 9.84 Å². The molecule has 24 heavy (non-hydrogen) atoms. The van der Waals surface area contributed by atoms with Crippen molar-refractivity contribution >= 4 is 39.1 Å². The summed E-state index contributed by atoms with van der Waals surface area (Å²) in [7, 11) is -3.27. The molecule has 3 rings (SSSR count). The zero-order valence-corrected chi connectivity index (χ0v) is 15.3. The third-order valence-corrected chi connectivity index (χ3v) is 6.35. The van der Waals surface area contributed by atoms with E-state index in [9.17, 15) is 13.2 Å². The Morgan fingerprint density at radius 1 is 1.21 bits per heavy atom. The molecule has 0 aliphatic carbocycles. The van der Waals surface area contributed by atoms with E-state index in [1.54, 1.807) is 11.8 Å². The molecule has 0 aromatic heterocycles. The molecule has 0 spiro atoms. The average molecular weight is 382 g/mol. The lowest BCUT2D eigenvalue weighted by Crippen LogP contribution is -2.30. The summed E-state index contributed by atoms with van der Waals surface area (Å²) in [6.07, 6.45) is 1.97. The van der Waals surface area contributed by atoms with Crippen molar-refractivity contribution in [1.29, 1.82) is 0 Å². The number of carbonyl (C=O) groups excluding carboxylic acids is 1. The van der Waals surface area contributed by atoms with E-state index in [1.807, 2.05) is 18.2 Å². The minimum absolute atomic E-state index is 0.0953. The molecule has 7 heteroatoms. The minimum Gasteiger partial charge on any atom is -0.345 e. The number of halogens is 1. The Morgan fingerprint density at radius 2 is 1.92 bits per heavy atom. The molecule has 0 fully saturated rings. The smallest absolute Gasteiger partial charge is 0.251 e. The van der Waals surface area contributed by atoms with Gasteiger partial charge in [-0.3, -0.25) is 4.79 Å². The maximum absolute atomic E-state index is 12.5. The number of hydrogen-bond acceptors (Lipinski definition) is 4. The third-order valence-electron chi connectivity index (χ3n) is 3.86. The van der Waals surface area contributed by atoms with Crippen LogP contribution in [0, 0.1) is 0 Å². The van der Waals surface area contributed by atoms with Gasteiger partial charge in [-0.1, -0.05) is 11.6 Å². The lowest BCUT2D eigenvalue weighted by molar-refractivity contribution is 0.0935. The number of carbonyl (C=O) groups is 1. The van der Waals surface area contributed by atoms with Crippen LogP contribution >= 0.6 is 23.4 Å². The van der Waals surface area contributed by atoms with Gasteiger partial charge in [0.2, 0.25) is 0 Å². The molecular weight excluding hydrogens is 366 g/mol. The van der Waals surface area contributed by atoms with Gasteiger partial charge in [-0.05, 0) is 54.4 Å². The zero-order chi connectivity index (χ0) is 17.3. The summed E-state index contributed by atoms with van der Waals surface area (Å²) >= 11 is 7.83. The van der Waals surface area contributed by atoms with Crippen molar-refractivity contribution in [3.05, 3.63) is 58.6 Å². The van der Waals surface area contributed by atoms with Crippen LogP contribution in [0.4, 0.5) is 0 Å². The van der Waals surface area contributed by atoms with Crippen LogP contribution in [0.2, 0.25) is 5.02 Å². The summed E-state index contributed by atoms with van der Waals surface area (Å²) in [4.78, 5) is 13.8. The first-order chi connectivity index (χ1) is 11.3. The van der Waals surface area contributed by atoms with E-state index in [0.717, 1.165) is 28.9 Å². The summed E-state index contributed by atoms with van der Waals surface area (Å²) in [6, 6.07) is 11.6. The van der Waals surface area contributed by atoms with E-state index >= 15 is 0 Å². The predicted molar refractivity (Wildman–Crippen MR) is 96.6 cm³/mol. The van der Waals surface area contributed by atoms with Crippen molar-refractivity contribution in [3.63, 3.8) is 0 Å². The highest BCUT2D eigenvalue weighted by Crippen LogP contribution is 2.37. The first-order valence-corrected chi connectivity index (χ1v) is 10.6. The Hall–Kier alpha value is -1.50. The zero-order valence-electron chi connectivity index (χ0n) is 13.0. The Kier molecular flexibility index (Phi) is 4.90. The standard InChI is InChI=1S/C17H16ClNO3S2/c1-24(21,22)13-5-2-11(3-6-13)17(20)19-15-8-9-23-16-7-4-12(18)10-14(15)16/h2-7,10,15H,8-9H2,1H3,(H,19,20). The number of hydrogen-bond donors (Lipinski definition) is 1. The molecular formula is C17H16ClNO3S2. The number of rotatable bonds is 3. The van der Waals surface area contributed by atoms with Crippen molar-refractivity contribution in [3.8, 4) is 0 Å². The quantitative estimate of drug-likeness (QED) is 0.880. The molecule has 1 atom stereocenters. The second kappa shape index (κ2) is 6.78. The summed E-state index contributed by atoms with van der Waals surface area (Å²) in [5.74, 6) is 0.699. The van der Waals surface area contributed by atoms with Gasteiger partial charge in [0.25, 0.3) is 5.91 Å². The highest BCUT2D eigenvalue weighted by atomic mass is 35.5. The largest absolute Gasteiger partial charge is 0.345 e. The van der Waals surface area contributed by atoms with Crippen molar-refractivity contribution in [2.45, 2.75) is 22.3 Å². The van der Waals surface area contributed by atoms with Crippen molar-refractivity contribution in [1.82, 2.24) is 5.32 Å². The van der Waals surface area contributed by atoms with E-state index in [-0.39, 0.29) is 16.8 Å². The molecule has 1 aliphatic heterocycles. The van der Waals surface area contributed by atoms with Gasteiger partial charge in [0.1, 0.15) is 0 Å². The molecule has 1 unspecified atom stereocenters. The van der Waals surface area contributed by atoms with Crippen LogP contribution in [0.3, 0.4) is 0 Å². The van der Waals surface area contributed by atoms with Crippen LogP contribution in [0.25, 0.3) is 0 Å². The van der Waals surface area contributed by atoms with Crippen LogP contribution in [-0.2, 0) is 9.84 Å². The van der Waals surface area contributed by atoms with Gasteiger partial charge < -0.3 is 5.32 Å².